The van der Waals surface area contributed by atoms with Gasteiger partial charge < -0.3 is 9.97 Å². The molecule has 64 heavy (non-hydrogen) atoms. The molecular weight excluding hydrogens is 1050 g/mol. The number of aromatic nitrogens is 4. The molecule has 0 fully saturated rings. The summed E-state index contributed by atoms with van der Waals surface area (Å²) in [5.74, 6) is 0. The Morgan fingerprint density at radius 1 is 0.297 bits per heavy atom. The fourth-order valence-corrected chi connectivity index (χ4v) is 9.98. The van der Waals surface area contributed by atoms with Crippen LogP contribution in [0, 0.1) is 0 Å². The van der Waals surface area contributed by atoms with E-state index in [-0.39, 0.29) is 0 Å². The van der Waals surface area contributed by atoms with Gasteiger partial charge in [-0.2, -0.15) is 0 Å². The van der Waals surface area contributed by atoms with E-state index in [0.717, 1.165) is 162 Å². The molecule has 7 aromatic rings. The van der Waals surface area contributed by atoms with Gasteiger partial charge in [0, 0.05) is 65.6 Å². The maximum Gasteiger partial charge on any atom is 0.0737 e. The van der Waals surface area contributed by atoms with E-state index in [4.69, 9.17) is 9.97 Å². The highest BCUT2D eigenvalue weighted by atomic mass is 79.9. The SMILES string of the molecule is BrCCCc1ccc(-c2c3nc(c(-c4ccc(CCCBr)cc4)c4ccc([nH]4)c(-c4ccc(CCCBr)cc4)c4nc(c(-c5ccc(CCCBr)cc5)c5ccc2[nH]5)C=C4)C=C3)cc1. The molecule has 4 nitrogen and oxygen atoms in total. The number of alkyl halides is 4. The lowest BCUT2D eigenvalue weighted by Crippen LogP contribution is -1.91. The minimum Gasteiger partial charge on any atom is -0.354 e. The van der Waals surface area contributed by atoms with Gasteiger partial charge in [-0.05, 0) is 144 Å². The molecule has 9 rings (SSSR count). The van der Waals surface area contributed by atoms with E-state index in [1.54, 1.807) is 0 Å². The van der Waals surface area contributed by atoms with Gasteiger partial charge >= 0.3 is 0 Å². The Morgan fingerprint density at radius 3 is 0.719 bits per heavy atom. The summed E-state index contributed by atoms with van der Waals surface area (Å²) in [6.45, 7) is 0. The number of benzene rings is 4. The van der Waals surface area contributed by atoms with Crippen LogP contribution in [0.1, 0.15) is 70.7 Å². The maximum atomic E-state index is 5.54. The predicted octanol–water partition coefficient (Wildman–Crippen LogP) is 16.6. The van der Waals surface area contributed by atoms with Gasteiger partial charge in [0.1, 0.15) is 0 Å². The van der Waals surface area contributed by atoms with Gasteiger partial charge in [-0.3, -0.25) is 0 Å². The zero-order valence-corrected chi connectivity index (χ0v) is 42.1. The third kappa shape index (κ3) is 9.96. The molecule has 0 spiro atoms. The third-order valence-electron chi connectivity index (χ3n) is 12.1. The number of aromatic amines is 2. The molecule has 2 aliphatic heterocycles. The van der Waals surface area contributed by atoms with Crippen molar-refractivity contribution in [3.05, 3.63) is 166 Å². The van der Waals surface area contributed by atoms with Crippen LogP contribution >= 0.6 is 63.7 Å². The maximum absolute atomic E-state index is 5.54. The Morgan fingerprint density at radius 2 is 0.516 bits per heavy atom. The van der Waals surface area contributed by atoms with Crippen LogP contribution in [0.25, 0.3) is 90.9 Å². The van der Waals surface area contributed by atoms with Crippen LogP contribution in [-0.4, -0.2) is 41.3 Å². The average Bonchev–Trinajstić information content (AvgIpc) is 4.19. The van der Waals surface area contributed by atoms with Crippen molar-refractivity contribution in [3.8, 4) is 44.5 Å². The van der Waals surface area contributed by atoms with E-state index in [0.29, 0.717) is 0 Å². The molecule has 0 atom stereocenters. The van der Waals surface area contributed by atoms with Crippen molar-refractivity contribution in [3.63, 3.8) is 0 Å². The number of nitrogens with zero attached hydrogens (tertiary/aromatic N) is 2. The van der Waals surface area contributed by atoms with Gasteiger partial charge in [-0.1, -0.05) is 161 Å². The molecule has 3 aromatic heterocycles. The second-order valence-corrected chi connectivity index (χ2v) is 19.6. The fourth-order valence-electron chi connectivity index (χ4n) is 8.86. The first kappa shape index (κ1) is 44.6. The van der Waals surface area contributed by atoms with Gasteiger partial charge in [-0.15, -0.1) is 0 Å². The molecule has 322 valence electrons. The van der Waals surface area contributed by atoms with Crippen molar-refractivity contribution in [1.29, 1.82) is 0 Å². The summed E-state index contributed by atoms with van der Waals surface area (Å²) >= 11 is 14.5. The molecular formula is C56H50Br4N4. The summed E-state index contributed by atoms with van der Waals surface area (Å²) < 4.78 is 0. The summed E-state index contributed by atoms with van der Waals surface area (Å²) in [5, 5.41) is 3.95. The summed E-state index contributed by atoms with van der Waals surface area (Å²) in [5.41, 5.74) is 21.7. The molecule has 0 amide bonds. The molecule has 0 saturated carbocycles. The number of fused-ring (bicyclic) bond motifs is 8. The molecule has 0 radical (unpaired) electrons. The number of nitrogens with one attached hydrogen (secondary N) is 2. The van der Waals surface area contributed by atoms with Crippen LogP contribution in [0.2, 0.25) is 0 Å². The highest BCUT2D eigenvalue weighted by molar-refractivity contribution is 9.09. The summed E-state index contributed by atoms with van der Waals surface area (Å²) in [6.07, 6.45) is 17.2. The van der Waals surface area contributed by atoms with Crippen molar-refractivity contribution < 1.29 is 0 Å². The third-order valence-corrected chi connectivity index (χ3v) is 14.4. The van der Waals surface area contributed by atoms with Gasteiger partial charge in [0.05, 0.1) is 22.8 Å². The quantitative estimate of drug-likeness (QED) is 0.0948. The van der Waals surface area contributed by atoms with Crippen LogP contribution in [-0.2, 0) is 25.7 Å². The van der Waals surface area contributed by atoms with Crippen LogP contribution in [0.5, 0.6) is 0 Å². The van der Waals surface area contributed by atoms with E-state index >= 15 is 0 Å². The van der Waals surface area contributed by atoms with Crippen LogP contribution in [0.15, 0.2) is 121 Å². The van der Waals surface area contributed by atoms with Gasteiger partial charge in [0.15, 0.2) is 0 Å². The highest BCUT2D eigenvalue weighted by Crippen LogP contribution is 2.39. The van der Waals surface area contributed by atoms with Crippen LogP contribution in [0.4, 0.5) is 0 Å². The van der Waals surface area contributed by atoms with Gasteiger partial charge in [0.25, 0.3) is 0 Å². The van der Waals surface area contributed by atoms with Crippen LogP contribution in [0.3, 0.4) is 0 Å². The summed E-state index contributed by atoms with van der Waals surface area (Å²) in [4.78, 5) is 18.9. The van der Waals surface area contributed by atoms with Gasteiger partial charge in [0.2, 0.25) is 0 Å². The Labute approximate surface area is 410 Å². The number of aryl methyl sites for hydroxylation is 4. The Balaban J connectivity index is 1.36. The molecule has 0 saturated heterocycles. The largest absolute Gasteiger partial charge is 0.354 e. The smallest absolute Gasteiger partial charge is 0.0737 e. The summed E-state index contributed by atoms with van der Waals surface area (Å²) in [6, 6.07) is 45.0. The van der Waals surface area contributed by atoms with Gasteiger partial charge in [-0.25, -0.2) is 9.97 Å². The first-order valence-electron chi connectivity index (χ1n) is 22.3. The Kier molecular flexibility index (Phi) is 14.7. The lowest BCUT2D eigenvalue weighted by Gasteiger charge is -2.09. The fraction of sp³-hybridized carbons (Fsp3) is 0.214. The molecule has 2 aliphatic rings. The number of H-pyrrole nitrogens is 2. The van der Waals surface area contributed by atoms with Crippen molar-refractivity contribution in [2.24, 2.45) is 0 Å². The topological polar surface area (TPSA) is 57.4 Å². The number of halogens is 4. The Bertz CT molecular complexity index is 2560. The monoisotopic (exact) mass is 1090 g/mol. The minimum absolute atomic E-state index is 0.917. The average molecular weight is 1100 g/mol. The zero-order valence-electron chi connectivity index (χ0n) is 35.7. The lowest BCUT2D eigenvalue weighted by atomic mass is 10.0. The van der Waals surface area contributed by atoms with E-state index in [1.807, 2.05) is 0 Å². The lowest BCUT2D eigenvalue weighted by molar-refractivity contribution is 0.940. The first-order valence-corrected chi connectivity index (χ1v) is 26.8. The van der Waals surface area contributed by atoms with E-state index in [1.165, 1.54) is 22.3 Å². The molecule has 5 heterocycles. The molecule has 0 unspecified atom stereocenters. The van der Waals surface area contributed by atoms with Crippen molar-refractivity contribution in [2.75, 3.05) is 21.3 Å². The molecule has 4 aromatic carbocycles. The highest BCUT2D eigenvalue weighted by Gasteiger charge is 2.19. The molecule has 8 bridgehead atoms. The van der Waals surface area contributed by atoms with Crippen LogP contribution < -0.4 is 0 Å². The van der Waals surface area contributed by atoms with E-state index < -0.39 is 0 Å². The standard InChI is InChI=1S/C56H50Br4N4/c57-33-1-5-37-9-17-41(18-10-37)53-45-25-27-47(61-45)54(42-19-11-38(12-20-42)6-2-34-58)49-29-31-51(63-49)56(44-23-15-40(16-24-44)8-4-36-60)52-32-30-50(64-52)55(48-28-26-46(53)62-48)43-21-13-39(14-22-43)7-3-35-59/h9-32,61,64H,1-8,33-36H2. The molecule has 2 N–H and O–H groups in total. The first-order chi connectivity index (χ1) is 31.5. The summed E-state index contributed by atoms with van der Waals surface area (Å²) in [7, 11) is 0. The number of hydrogen-bond donors (Lipinski definition) is 2. The van der Waals surface area contributed by atoms with E-state index in [9.17, 15) is 0 Å². The Hall–Kier alpha value is -4.60. The molecule has 0 aliphatic carbocycles. The predicted molar refractivity (Wildman–Crippen MR) is 289 cm³/mol. The molecule has 8 heteroatoms. The number of rotatable bonds is 16. The van der Waals surface area contributed by atoms with Crippen molar-refractivity contribution in [1.82, 2.24) is 19.9 Å². The van der Waals surface area contributed by atoms with Crippen molar-refractivity contribution in [2.45, 2.75) is 51.4 Å². The normalized spacial score (nSPS) is 12.1. The second kappa shape index (κ2) is 21.1. The minimum atomic E-state index is 0.917. The van der Waals surface area contributed by atoms with Crippen molar-refractivity contribution >= 4 is 110 Å². The van der Waals surface area contributed by atoms with E-state index in [2.05, 4.69) is 219 Å². The zero-order chi connectivity index (χ0) is 43.8. The number of hydrogen-bond acceptors (Lipinski definition) is 2. The second-order valence-electron chi connectivity index (χ2n) is 16.5.